The number of ether oxygens (including phenoxy) is 2. The number of benzene rings is 2. The fourth-order valence-corrected chi connectivity index (χ4v) is 2.72. The molecule has 2 aromatic rings. The summed E-state index contributed by atoms with van der Waals surface area (Å²) in [5.41, 5.74) is 1.48. The number of carbonyl (C=O) groups is 1. The molecule has 0 aromatic heterocycles. The van der Waals surface area contributed by atoms with Gasteiger partial charge in [-0.2, -0.15) is 0 Å². The van der Waals surface area contributed by atoms with Crippen molar-refractivity contribution in [3.63, 3.8) is 0 Å². The van der Waals surface area contributed by atoms with Crippen LogP contribution in [0.5, 0.6) is 11.5 Å². The fraction of sp³-hybridized carbons (Fsp3) is 0.278. The van der Waals surface area contributed by atoms with Crippen molar-refractivity contribution in [3.05, 3.63) is 58.6 Å². The van der Waals surface area contributed by atoms with Crippen LogP contribution in [0.4, 0.5) is 0 Å². The van der Waals surface area contributed by atoms with Crippen molar-refractivity contribution in [1.82, 2.24) is 0 Å². The van der Waals surface area contributed by atoms with Crippen molar-refractivity contribution >= 4 is 17.6 Å². The van der Waals surface area contributed by atoms with Crippen LogP contribution in [0, 0.1) is 0 Å². The van der Waals surface area contributed by atoms with Gasteiger partial charge in [0.1, 0.15) is 11.5 Å². The van der Waals surface area contributed by atoms with E-state index in [-0.39, 0.29) is 0 Å². The predicted molar refractivity (Wildman–Crippen MR) is 89.7 cm³/mol. The number of halogens is 1. The Hall–Kier alpha value is -2.20. The predicted octanol–water partition coefficient (Wildman–Crippen LogP) is 4.16. The van der Waals surface area contributed by atoms with Gasteiger partial charge in [0, 0.05) is 5.56 Å². The van der Waals surface area contributed by atoms with E-state index >= 15 is 0 Å². The molecule has 0 aliphatic rings. The van der Waals surface area contributed by atoms with Crippen LogP contribution in [-0.4, -0.2) is 24.8 Å². The molecule has 1 N–H and O–H groups in total. The molecule has 0 spiro atoms. The highest BCUT2D eigenvalue weighted by Crippen LogP contribution is 2.32. The van der Waals surface area contributed by atoms with E-state index < -0.39 is 11.9 Å². The van der Waals surface area contributed by atoms with Gasteiger partial charge in [0.05, 0.1) is 24.7 Å². The molecule has 0 saturated carbocycles. The van der Waals surface area contributed by atoms with E-state index in [2.05, 4.69) is 0 Å². The van der Waals surface area contributed by atoms with Crippen LogP contribution in [0.1, 0.15) is 24.0 Å². The second-order valence-corrected chi connectivity index (χ2v) is 5.44. The lowest BCUT2D eigenvalue weighted by Gasteiger charge is -2.17. The van der Waals surface area contributed by atoms with E-state index in [1.807, 2.05) is 19.1 Å². The SMILES string of the molecule is CCOc1ccc(CC(C(=O)O)c2ccccc2OC)cc1Cl. The second kappa shape index (κ2) is 7.88. The van der Waals surface area contributed by atoms with Gasteiger partial charge in [-0.15, -0.1) is 0 Å². The van der Waals surface area contributed by atoms with Gasteiger partial charge in [0.25, 0.3) is 0 Å². The lowest BCUT2D eigenvalue weighted by atomic mass is 9.91. The van der Waals surface area contributed by atoms with Crippen LogP contribution in [0.2, 0.25) is 5.02 Å². The third-order valence-electron chi connectivity index (χ3n) is 3.55. The molecule has 0 bridgehead atoms. The van der Waals surface area contributed by atoms with E-state index in [0.717, 1.165) is 5.56 Å². The molecular formula is C18H19ClO4. The first kappa shape index (κ1) is 17.2. The minimum Gasteiger partial charge on any atom is -0.496 e. The topological polar surface area (TPSA) is 55.8 Å². The summed E-state index contributed by atoms with van der Waals surface area (Å²) in [6, 6.07) is 12.5. The van der Waals surface area contributed by atoms with Crippen molar-refractivity contribution in [2.75, 3.05) is 13.7 Å². The third-order valence-corrected chi connectivity index (χ3v) is 3.84. The van der Waals surface area contributed by atoms with E-state index in [1.54, 1.807) is 30.3 Å². The fourth-order valence-electron chi connectivity index (χ4n) is 2.46. The van der Waals surface area contributed by atoms with E-state index in [1.165, 1.54) is 7.11 Å². The Labute approximate surface area is 140 Å². The highest BCUT2D eigenvalue weighted by Gasteiger charge is 2.24. The zero-order chi connectivity index (χ0) is 16.8. The number of carboxylic acid groups (broad SMARTS) is 1. The smallest absolute Gasteiger partial charge is 0.311 e. The molecular weight excluding hydrogens is 316 g/mol. The molecule has 2 aromatic carbocycles. The number of aliphatic carboxylic acids is 1. The average Bonchev–Trinajstić information content (AvgIpc) is 2.55. The Morgan fingerprint density at radius 1 is 1.22 bits per heavy atom. The zero-order valence-corrected chi connectivity index (χ0v) is 13.8. The van der Waals surface area contributed by atoms with Crippen LogP contribution >= 0.6 is 11.6 Å². The summed E-state index contributed by atoms with van der Waals surface area (Å²) in [5, 5.41) is 10.1. The molecule has 23 heavy (non-hydrogen) atoms. The monoisotopic (exact) mass is 334 g/mol. The Kier molecular flexibility index (Phi) is 5.88. The number of hydrogen-bond acceptors (Lipinski definition) is 3. The molecule has 0 aliphatic carbocycles. The van der Waals surface area contributed by atoms with Gasteiger partial charge in [-0.25, -0.2) is 0 Å². The number of carboxylic acids is 1. The Morgan fingerprint density at radius 3 is 2.57 bits per heavy atom. The molecule has 1 atom stereocenters. The summed E-state index contributed by atoms with van der Waals surface area (Å²) in [7, 11) is 1.53. The van der Waals surface area contributed by atoms with E-state index in [4.69, 9.17) is 21.1 Å². The standard InChI is InChI=1S/C18H19ClO4/c1-3-23-17-9-8-12(11-15(17)19)10-14(18(20)21)13-6-4-5-7-16(13)22-2/h4-9,11,14H,3,10H2,1-2H3,(H,20,21). The first-order valence-corrected chi connectivity index (χ1v) is 7.71. The molecule has 0 radical (unpaired) electrons. The second-order valence-electron chi connectivity index (χ2n) is 5.03. The van der Waals surface area contributed by atoms with Crippen molar-refractivity contribution in [1.29, 1.82) is 0 Å². The van der Waals surface area contributed by atoms with Crippen LogP contribution in [0.15, 0.2) is 42.5 Å². The maximum atomic E-state index is 11.7. The van der Waals surface area contributed by atoms with Gasteiger partial charge in [-0.1, -0.05) is 35.9 Å². The van der Waals surface area contributed by atoms with Crippen molar-refractivity contribution in [2.24, 2.45) is 0 Å². The Bertz CT molecular complexity index is 684. The maximum Gasteiger partial charge on any atom is 0.311 e. The largest absolute Gasteiger partial charge is 0.496 e. The van der Waals surface area contributed by atoms with E-state index in [0.29, 0.717) is 35.1 Å². The van der Waals surface area contributed by atoms with Crippen molar-refractivity contribution in [2.45, 2.75) is 19.3 Å². The Balaban J connectivity index is 2.30. The lowest BCUT2D eigenvalue weighted by Crippen LogP contribution is -2.15. The normalized spacial score (nSPS) is 11.8. The number of para-hydroxylation sites is 1. The van der Waals surface area contributed by atoms with Gasteiger partial charge in [-0.3, -0.25) is 4.79 Å². The quantitative estimate of drug-likeness (QED) is 0.826. The first-order chi connectivity index (χ1) is 11.1. The highest BCUT2D eigenvalue weighted by atomic mass is 35.5. The van der Waals surface area contributed by atoms with Gasteiger partial charge < -0.3 is 14.6 Å². The third kappa shape index (κ3) is 4.17. The van der Waals surface area contributed by atoms with Crippen LogP contribution in [0.25, 0.3) is 0 Å². The number of rotatable bonds is 7. The van der Waals surface area contributed by atoms with Crippen molar-refractivity contribution in [3.8, 4) is 11.5 Å². The highest BCUT2D eigenvalue weighted by molar-refractivity contribution is 6.32. The molecule has 0 fully saturated rings. The zero-order valence-electron chi connectivity index (χ0n) is 13.1. The van der Waals surface area contributed by atoms with Gasteiger partial charge in [0.15, 0.2) is 0 Å². The summed E-state index contributed by atoms with van der Waals surface area (Å²) in [6.07, 6.45) is 0.321. The molecule has 0 aliphatic heterocycles. The summed E-state index contributed by atoms with van der Waals surface area (Å²) in [6.45, 7) is 2.41. The van der Waals surface area contributed by atoms with Crippen LogP contribution < -0.4 is 9.47 Å². The summed E-state index contributed by atoms with van der Waals surface area (Å²) < 4.78 is 10.7. The van der Waals surface area contributed by atoms with Gasteiger partial charge >= 0.3 is 5.97 Å². The van der Waals surface area contributed by atoms with Crippen LogP contribution in [0.3, 0.4) is 0 Å². The number of methoxy groups -OCH3 is 1. The molecule has 4 nitrogen and oxygen atoms in total. The van der Waals surface area contributed by atoms with Gasteiger partial charge in [-0.05, 0) is 37.1 Å². The maximum absolute atomic E-state index is 11.7. The van der Waals surface area contributed by atoms with Gasteiger partial charge in [0.2, 0.25) is 0 Å². The number of hydrogen-bond donors (Lipinski definition) is 1. The first-order valence-electron chi connectivity index (χ1n) is 7.33. The van der Waals surface area contributed by atoms with Crippen molar-refractivity contribution < 1.29 is 19.4 Å². The molecule has 0 amide bonds. The molecule has 0 saturated heterocycles. The molecule has 1 unspecified atom stereocenters. The molecule has 2 rings (SSSR count). The Morgan fingerprint density at radius 2 is 1.96 bits per heavy atom. The lowest BCUT2D eigenvalue weighted by molar-refractivity contribution is -0.138. The average molecular weight is 335 g/mol. The minimum absolute atomic E-state index is 0.321. The minimum atomic E-state index is -0.903. The summed E-state index contributed by atoms with van der Waals surface area (Å²) in [4.78, 5) is 11.7. The molecule has 0 heterocycles. The summed E-state index contributed by atoms with van der Waals surface area (Å²) in [5.74, 6) is -0.446. The summed E-state index contributed by atoms with van der Waals surface area (Å²) >= 11 is 6.18. The van der Waals surface area contributed by atoms with E-state index in [9.17, 15) is 9.90 Å². The molecule has 122 valence electrons. The molecule has 5 heteroatoms. The van der Waals surface area contributed by atoms with Crippen LogP contribution in [-0.2, 0) is 11.2 Å².